The van der Waals surface area contributed by atoms with Crippen molar-refractivity contribution in [3.63, 3.8) is 0 Å². The van der Waals surface area contributed by atoms with Crippen molar-refractivity contribution >= 4 is 11.6 Å². The highest BCUT2D eigenvalue weighted by atomic mass is 16.5. The summed E-state index contributed by atoms with van der Waals surface area (Å²) in [4.78, 5) is 25.7. The summed E-state index contributed by atoms with van der Waals surface area (Å²) in [5, 5.41) is 0. The molecule has 0 saturated heterocycles. The molecule has 0 amide bonds. The molecule has 1 aliphatic rings. The molecular weight excluding hydrogens is 406 g/mol. The number of rotatable bonds is 3. The molecule has 0 fully saturated rings. The van der Waals surface area contributed by atoms with Gasteiger partial charge < -0.3 is 15.2 Å². The molecule has 0 bridgehead atoms. The number of nitrogens with two attached hydrogens (primary N) is 1. The fraction of sp³-hybridized carbons (Fsp3) is 0.250. The Morgan fingerprint density at radius 3 is 2.75 bits per heavy atom. The summed E-state index contributed by atoms with van der Waals surface area (Å²) < 4.78 is 12.7. The molecule has 0 radical (unpaired) electrons. The van der Waals surface area contributed by atoms with E-state index in [-0.39, 0.29) is 17.4 Å². The molecule has 32 heavy (non-hydrogen) atoms. The lowest BCUT2D eigenvalue weighted by Crippen LogP contribution is -2.23. The maximum atomic E-state index is 12.8. The van der Waals surface area contributed by atoms with Gasteiger partial charge in [0.25, 0.3) is 5.56 Å². The quantitative estimate of drug-likeness (QED) is 0.529. The highest BCUT2D eigenvalue weighted by Crippen LogP contribution is 2.34. The molecule has 1 aromatic carbocycles. The zero-order chi connectivity index (χ0) is 22.7. The average Bonchev–Trinajstić information content (AvgIpc) is 2.84. The van der Waals surface area contributed by atoms with E-state index in [4.69, 9.17) is 20.2 Å². The Morgan fingerprint density at radius 1 is 1.12 bits per heavy atom. The molecule has 2 N–H and O–H groups in total. The van der Waals surface area contributed by atoms with E-state index in [2.05, 4.69) is 9.97 Å². The van der Waals surface area contributed by atoms with Gasteiger partial charge in [-0.05, 0) is 48.4 Å². The van der Waals surface area contributed by atoms with E-state index < -0.39 is 0 Å². The summed E-state index contributed by atoms with van der Waals surface area (Å²) in [5.74, 6) is 1.80. The Kier molecular flexibility index (Phi) is 6.02. The molecule has 8 nitrogen and oxygen atoms in total. The van der Waals surface area contributed by atoms with E-state index in [9.17, 15) is 4.79 Å². The molecule has 164 valence electrons. The van der Waals surface area contributed by atoms with Gasteiger partial charge in [0.1, 0.15) is 17.1 Å². The van der Waals surface area contributed by atoms with Gasteiger partial charge >= 0.3 is 0 Å². The van der Waals surface area contributed by atoms with Gasteiger partial charge in [-0.15, -0.1) is 0 Å². The average molecular weight is 431 g/mol. The van der Waals surface area contributed by atoms with Gasteiger partial charge in [0.05, 0.1) is 25.1 Å². The molecule has 1 unspecified atom stereocenters. The first-order valence-electron chi connectivity index (χ1n) is 10.5. The lowest BCUT2D eigenvalue weighted by Gasteiger charge is -2.25. The van der Waals surface area contributed by atoms with Crippen LogP contribution < -0.4 is 20.8 Å². The highest BCUT2D eigenvalue weighted by molar-refractivity contribution is 5.61. The van der Waals surface area contributed by atoms with Gasteiger partial charge in [-0.1, -0.05) is 13.8 Å². The zero-order valence-electron chi connectivity index (χ0n) is 18.3. The minimum Gasteiger partial charge on any atom is -0.497 e. The Bertz CT molecular complexity index is 1320. The molecule has 1 aliphatic heterocycles. The predicted molar refractivity (Wildman–Crippen MR) is 123 cm³/mol. The van der Waals surface area contributed by atoms with Crippen LogP contribution in [0.3, 0.4) is 0 Å². The van der Waals surface area contributed by atoms with Crippen molar-refractivity contribution in [3.05, 3.63) is 76.5 Å². The summed E-state index contributed by atoms with van der Waals surface area (Å²) >= 11 is 0. The lowest BCUT2D eigenvalue weighted by atomic mass is 9.93. The second-order valence-corrected chi connectivity index (χ2v) is 7.15. The maximum absolute atomic E-state index is 12.8. The monoisotopic (exact) mass is 431 g/mol. The Hall–Kier alpha value is -3.94. The van der Waals surface area contributed by atoms with E-state index in [1.165, 1.54) is 4.40 Å². The van der Waals surface area contributed by atoms with Crippen molar-refractivity contribution in [1.82, 2.24) is 19.4 Å². The summed E-state index contributed by atoms with van der Waals surface area (Å²) in [6.07, 6.45) is 4.03. The SMILES string of the molecule is CC.COc1ccc2c(c1)CC(c1cc(=O)n3cc(-c4ccnc(N)n4)ccc3n1)CO2. The molecule has 1 atom stereocenters. The molecule has 0 saturated carbocycles. The molecule has 4 heterocycles. The van der Waals surface area contributed by atoms with Gasteiger partial charge in [-0.25, -0.2) is 15.0 Å². The number of benzene rings is 1. The molecule has 5 rings (SSSR count). The maximum Gasteiger partial charge on any atom is 0.258 e. The second kappa shape index (κ2) is 9.05. The normalized spacial score (nSPS) is 14.7. The number of ether oxygens (including phenoxy) is 2. The van der Waals surface area contributed by atoms with Crippen LogP contribution in [0.2, 0.25) is 0 Å². The van der Waals surface area contributed by atoms with Crippen molar-refractivity contribution in [2.75, 3.05) is 19.5 Å². The van der Waals surface area contributed by atoms with Gasteiger partial charge in [-0.3, -0.25) is 9.20 Å². The number of anilines is 1. The van der Waals surface area contributed by atoms with Crippen LogP contribution in [-0.2, 0) is 6.42 Å². The predicted octanol–water partition coefficient (Wildman–Crippen LogP) is 3.49. The van der Waals surface area contributed by atoms with E-state index in [1.807, 2.05) is 38.1 Å². The Morgan fingerprint density at radius 2 is 1.97 bits per heavy atom. The Labute approximate surface area is 185 Å². The van der Waals surface area contributed by atoms with E-state index in [0.29, 0.717) is 23.6 Å². The van der Waals surface area contributed by atoms with Crippen molar-refractivity contribution in [2.24, 2.45) is 0 Å². The molecule has 0 spiro atoms. The summed E-state index contributed by atoms with van der Waals surface area (Å²) in [5.41, 5.74) is 9.25. The number of pyridine rings is 1. The van der Waals surface area contributed by atoms with Crippen LogP contribution in [0.4, 0.5) is 5.95 Å². The third kappa shape index (κ3) is 4.12. The molecule has 0 aliphatic carbocycles. The zero-order valence-corrected chi connectivity index (χ0v) is 18.3. The molecular formula is C24H25N5O3. The number of nitrogens with zero attached hydrogens (tertiary/aromatic N) is 4. The topological polar surface area (TPSA) is 105 Å². The molecule has 4 aromatic rings. The lowest BCUT2D eigenvalue weighted by molar-refractivity contribution is 0.259. The van der Waals surface area contributed by atoms with E-state index in [0.717, 1.165) is 29.0 Å². The van der Waals surface area contributed by atoms with E-state index in [1.54, 1.807) is 37.7 Å². The van der Waals surface area contributed by atoms with Crippen LogP contribution in [-0.4, -0.2) is 33.1 Å². The molecule has 8 heteroatoms. The van der Waals surface area contributed by atoms with Gasteiger partial charge in [0, 0.05) is 29.9 Å². The van der Waals surface area contributed by atoms with Gasteiger partial charge in [0.15, 0.2) is 0 Å². The van der Waals surface area contributed by atoms with Crippen LogP contribution in [0, 0.1) is 0 Å². The number of hydrogen-bond donors (Lipinski definition) is 1. The minimum absolute atomic E-state index is 0.0105. The first kappa shape index (κ1) is 21.3. The fourth-order valence-corrected chi connectivity index (χ4v) is 3.70. The highest BCUT2D eigenvalue weighted by Gasteiger charge is 2.24. The standard InChI is InChI=1S/C22H19N5O3.C2H6/c1-29-16-3-4-19-14(9-16)8-15(12-30-19)18-10-21(28)27-11-13(2-5-20(27)25-18)17-6-7-24-22(23)26-17;1-2/h2-7,9-11,15H,8,12H2,1H3,(H2,23,24,26);1-2H3. The van der Waals surface area contributed by atoms with Gasteiger partial charge in [0.2, 0.25) is 5.95 Å². The minimum atomic E-state index is -0.157. The summed E-state index contributed by atoms with van der Waals surface area (Å²) in [6, 6.07) is 12.7. The first-order valence-corrected chi connectivity index (χ1v) is 10.5. The fourth-order valence-electron chi connectivity index (χ4n) is 3.70. The largest absolute Gasteiger partial charge is 0.497 e. The van der Waals surface area contributed by atoms with Crippen LogP contribution in [0.15, 0.2) is 59.7 Å². The third-order valence-electron chi connectivity index (χ3n) is 5.24. The van der Waals surface area contributed by atoms with Crippen molar-refractivity contribution < 1.29 is 9.47 Å². The van der Waals surface area contributed by atoms with Crippen LogP contribution >= 0.6 is 0 Å². The number of methoxy groups -OCH3 is 1. The summed E-state index contributed by atoms with van der Waals surface area (Å²) in [6.45, 7) is 4.47. The van der Waals surface area contributed by atoms with Crippen molar-refractivity contribution in [1.29, 1.82) is 0 Å². The second-order valence-electron chi connectivity index (χ2n) is 7.15. The summed E-state index contributed by atoms with van der Waals surface area (Å²) in [7, 11) is 1.64. The van der Waals surface area contributed by atoms with E-state index >= 15 is 0 Å². The smallest absolute Gasteiger partial charge is 0.258 e. The van der Waals surface area contributed by atoms with Crippen molar-refractivity contribution in [3.8, 4) is 22.8 Å². The third-order valence-corrected chi connectivity index (χ3v) is 5.24. The van der Waals surface area contributed by atoms with Gasteiger partial charge in [-0.2, -0.15) is 0 Å². The number of fused-ring (bicyclic) bond motifs is 2. The van der Waals surface area contributed by atoms with Crippen LogP contribution in [0.1, 0.15) is 31.0 Å². The van der Waals surface area contributed by atoms with Crippen LogP contribution in [0.5, 0.6) is 11.5 Å². The molecule has 3 aromatic heterocycles. The first-order chi connectivity index (χ1) is 15.6. The number of aromatic nitrogens is 4. The number of nitrogen functional groups attached to an aromatic ring is 1. The Balaban J connectivity index is 0.00000119. The van der Waals surface area contributed by atoms with Crippen LogP contribution in [0.25, 0.3) is 16.9 Å². The number of hydrogen-bond acceptors (Lipinski definition) is 7. The van der Waals surface area contributed by atoms with Crippen molar-refractivity contribution in [2.45, 2.75) is 26.2 Å².